The number of carbonyl (C=O) groups excluding carboxylic acids is 1. The van der Waals surface area contributed by atoms with Crippen molar-refractivity contribution < 1.29 is 9.53 Å². The summed E-state index contributed by atoms with van der Waals surface area (Å²) in [7, 11) is 0. The van der Waals surface area contributed by atoms with Gasteiger partial charge in [-0.05, 0) is 53.9 Å². The normalized spacial score (nSPS) is 9.70. The molecule has 1 amide bonds. The number of halogens is 2. The van der Waals surface area contributed by atoms with Crippen LogP contribution in [0.15, 0.2) is 28.7 Å². The van der Waals surface area contributed by atoms with E-state index in [4.69, 9.17) is 10.5 Å². The largest absolute Gasteiger partial charge is 0.492 e. The number of para-hydroxylation sites is 1. The highest BCUT2D eigenvalue weighted by molar-refractivity contribution is 9.10. The number of nitrogens with one attached hydrogen (secondary N) is 1. The lowest BCUT2D eigenvalue weighted by Crippen LogP contribution is -2.25. The van der Waals surface area contributed by atoms with Gasteiger partial charge in [0.25, 0.3) is 0 Å². The molecule has 6 heteroatoms. The number of carbonyl (C=O) groups is 1. The molecule has 0 aliphatic carbocycles. The van der Waals surface area contributed by atoms with Crippen LogP contribution in [-0.4, -0.2) is 25.6 Å². The van der Waals surface area contributed by atoms with E-state index in [0.29, 0.717) is 32.5 Å². The molecule has 20 heavy (non-hydrogen) atoms. The minimum absolute atomic E-state index is 0. The molecule has 0 fully saturated rings. The molecule has 0 saturated heterocycles. The van der Waals surface area contributed by atoms with Gasteiger partial charge in [0.2, 0.25) is 5.91 Å². The third-order valence-corrected chi connectivity index (χ3v) is 3.25. The van der Waals surface area contributed by atoms with Gasteiger partial charge in [-0.3, -0.25) is 4.79 Å². The molecule has 1 aromatic rings. The second kappa shape index (κ2) is 12.0. The van der Waals surface area contributed by atoms with Gasteiger partial charge in [0, 0.05) is 13.0 Å². The van der Waals surface area contributed by atoms with Crippen LogP contribution < -0.4 is 15.8 Å². The van der Waals surface area contributed by atoms with E-state index in [2.05, 4.69) is 21.2 Å². The maximum atomic E-state index is 11.5. The van der Waals surface area contributed by atoms with Gasteiger partial charge in [-0.15, -0.1) is 12.4 Å². The minimum atomic E-state index is 0. The van der Waals surface area contributed by atoms with Gasteiger partial charge in [-0.2, -0.15) is 0 Å². The number of nitrogens with two attached hydrogens (primary N) is 1. The molecule has 0 aromatic heterocycles. The van der Waals surface area contributed by atoms with Crippen molar-refractivity contribution in [1.29, 1.82) is 0 Å². The van der Waals surface area contributed by atoms with E-state index in [1.54, 1.807) is 0 Å². The standard InChI is InChI=1S/C14H21BrN2O2.ClH/c15-12-6-1-2-7-13(12)19-11-5-8-14(18)17-10-4-3-9-16;/h1-2,6-7H,3-5,8-11,16H2,(H,17,18);1H. The van der Waals surface area contributed by atoms with Crippen molar-refractivity contribution in [2.24, 2.45) is 5.73 Å². The summed E-state index contributed by atoms with van der Waals surface area (Å²) in [6.45, 7) is 1.93. The van der Waals surface area contributed by atoms with Crippen LogP contribution in [-0.2, 0) is 4.79 Å². The Morgan fingerprint density at radius 2 is 2.00 bits per heavy atom. The molecule has 0 saturated carbocycles. The molecule has 0 aliphatic heterocycles. The van der Waals surface area contributed by atoms with Crippen LogP contribution in [0.5, 0.6) is 5.75 Å². The topological polar surface area (TPSA) is 64.3 Å². The van der Waals surface area contributed by atoms with Gasteiger partial charge in [0.05, 0.1) is 11.1 Å². The van der Waals surface area contributed by atoms with E-state index < -0.39 is 0 Å². The van der Waals surface area contributed by atoms with Crippen molar-refractivity contribution in [3.63, 3.8) is 0 Å². The van der Waals surface area contributed by atoms with Gasteiger partial charge in [-0.1, -0.05) is 12.1 Å². The molecule has 0 heterocycles. The SMILES string of the molecule is Cl.NCCCCNC(=O)CCCOc1ccccc1Br. The van der Waals surface area contributed by atoms with Gasteiger partial charge < -0.3 is 15.8 Å². The highest BCUT2D eigenvalue weighted by atomic mass is 79.9. The van der Waals surface area contributed by atoms with Crippen molar-refractivity contribution in [3.05, 3.63) is 28.7 Å². The number of hydrogen-bond donors (Lipinski definition) is 2. The van der Waals surface area contributed by atoms with Gasteiger partial charge in [-0.25, -0.2) is 0 Å². The van der Waals surface area contributed by atoms with Crippen LogP contribution in [0.4, 0.5) is 0 Å². The first-order valence-electron chi connectivity index (χ1n) is 6.58. The highest BCUT2D eigenvalue weighted by Gasteiger charge is 2.02. The Morgan fingerprint density at radius 1 is 1.25 bits per heavy atom. The van der Waals surface area contributed by atoms with Crippen molar-refractivity contribution in [1.82, 2.24) is 5.32 Å². The fourth-order valence-electron chi connectivity index (χ4n) is 1.56. The Hall–Kier alpha value is -0.780. The van der Waals surface area contributed by atoms with Crippen molar-refractivity contribution in [3.8, 4) is 5.75 Å². The van der Waals surface area contributed by atoms with Gasteiger partial charge in [0.15, 0.2) is 0 Å². The maximum absolute atomic E-state index is 11.5. The number of benzene rings is 1. The molecule has 0 atom stereocenters. The first-order chi connectivity index (χ1) is 9.24. The van der Waals surface area contributed by atoms with Crippen LogP contribution >= 0.6 is 28.3 Å². The van der Waals surface area contributed by atoms with Crippen molar-refractivity contribution in [2.45, 2.75) is 25.7 Å². The Bertz CT molecular complexity index is 391. The van der Waals surface area contributed by atoms with Crippen LogP contribution in [0.2, 0.25) is 0 Å². The molecule has 0 radical (unpaired) electrons. The molecule has 0 unspecified atom stereocenters. The zero-order valence-corrected chi connectivity index (χ0v) is 13.8. The molecule has 114 valence electrons. The third-order valence-electron chi connectivity index (χ3n) is 2.60. The molecule has 1 rings (SSSR count). The second-order valence-corrected chi connectivity index (χ2v) is 5.08. The molecule has 3 N–H and O–H groups in total. The van der Waals surface area contributed by atoms with E-state index in [0.717, 1.165) is 23.1 Å². The highest BCUT2D eigenvalue weighted by Crippen LogP contribution is 2.23. The summed E-state index contributed by atoms with van der Waals surface area (Å²) >= 11 is 3.41. The third kappa shape index (κ3) is 8.40. The summed E-state index contributed by atoms with van der Waals surface area (Å²) in [4.78, 5) is 11.5. The monoisotopic (exact) mass is 364 g/mol. The van der Waals surface area contributed by atoms with E-state index in [1.807, 2.05) is 24.3 Å². The number of hydrogen-bond acceptors (Lipinski definition) is 3. The first kappa shape index (κ1) is 19.2. The molecular weight excluding hydrogens is 344 g/mol. The zero-order valence-electron chi connectivity index (χ0n) is 11.4. The summed E-state index contributed by atoms with van der Waals surface area (Å²) < 4.78 is 6.52. The number of amides is 1. The van der Waals surface area contributed by atoms with Crippen molar-refractivity contribution >= 4 is 34.2 Å². The summed E-state index contributed by atoms with van der Waals surface area (Å²) in [5.41, 5.74) is 5.38. The Balaban J connectivity index is 0.00000361. The molecular formula is C14H22BrClN2O2. The summed E-state index contributed by atoms with van der Waals surface area (Å²) in [5.74, 6) is 0.888. The lowest BCUT2D eigenvalue weighted by Gasteiger charge is -2.08. The van der Waals surface area contributed by atoms with E-state index in [-0.39, 0.29) is 18.3 Å². The van der Waals surface area contributed by atoms with Crippen LogP contribution in [0, 0.1) is 0 Å². The average molecular weight is 366 g/mol. The van der Waals surface area contributed by atoms with Gasteiger partial charge in [0.1, 0.15) is 5.75 Å². The predicted octanol–water partition coefficient (Wildman–Crippen LogP) is 2.89. The smallest absolute Gasteiger partial charge is 0.220 e. The van der Waals surface area contributed by atoms with E-state index in [9.17, 15) is 4.79 Å². The number of rotatable bonds is 9. The number of unbranched alkanes of at least 4 members (excludes halogenated alkanes) is 1. The minimum Gasteiger partial charge on any atom is -0.492 e. The summed E-state index contributed by atoms with van der Waals surface area (Å²) in [5, 5.41) is 2.87. The van der Waals surface area contributed by atoms with E-state index in [1.165, 1.54) is 0 Å². The van der Waals surface area contributed by atoms with Crippen LogP contribution in [0.1, 0.15) is 25.7 Å². The van der Waals surface area contributed by atoms with E-state index >= 15 is 0 Å². The molecule has 0 bridgehead atoms. The summed E-state index contributed by atoms with van der Waals surface area (Å²) in [6, 6.07) is 7.69. The Kier molecular flexibility index (Phi) is 11.5. The maximum Gasteiger partial charge on any atom is 0.220 e. The fourth-order valence-corrected chi connectivity index (χ4v) is 1.96. The molecule has 0 spiro atoms. The first-order valence-corrected chi connectivity index (χ1v) is 7.37. The van der Waals surface area contributed by atoms with Gasteiger partial charge >= 0.3 is 0 Å². The molecule has 0 aliphatic rings. The quantitative estimate of drug-likeness (QED) is 0.661. The Morgan fingerprint density at radius 3 is 2.70 bits per heavy atom. The molecule has 4 nitrogen and oxygen atoms in total. The summed E-state index contributed by atoms with van der Waals surface area (Å²) in [6.07, 6.45) is 3.10. The zero-order chi connectivity index (χ0) is 13.9. The molecule has 1 aromatic carbocycles. The number of ether oxygens (including phenoxy) is 1. The lowest BCUT2D eigenvalue weighted by molar-refractivity contribution is -0.121. The average Bonchev–Trinajstić information content (AvgIpc) is 2.41. The second-order valence-electron chi connectivity index (χ2n) is 4.23. The van der Waals surface area contributed by atoms with Crippen LogP contribution in [0.3, 0.4) is 0 Å². The predicted molar refractivity (Wildman–Crippen MR) is 87.4 cm³/mol. The van der Waals surface area contributed by atoms with Crippen LogP contribution in [0.25, 0.3) is 0 Å². The van der Waals surface area contributed by atoms with Crippen molar-refractivity contribution in [2.75, 3.05) is 19.7 Å². The lowest BCUT2D eigenvalue weighted by atomic mass is 10.3. The fraction of sp³-hybridized carbons (Fsp3) is 0.500. The Labute approximate surface area is 135 Å².